The Kier molecular flexibility index (Phi) is 5.78. The molecule has 2 unspecified atom stereocenters. The SMILES string of the molecule is CCCCOC(=O)C(=O)[C@H]1C(C)C[C@H]2[C@@H]3CCC4=CC(=O)C=C[C@]4(C)[C@H]3C(O)C[C@]12C. The number of rotatable bonds is 5. The number of carbonyl (C=O) groups excluding carboxylic acids is 3. The third-order valence-corrected chi connectivity index (χ3v) is 9.05. The summed E-state index contributed by atoms with van der Waals surface area (Å²) in [5.41, 5.74) is 0.399. The van der Waals surface area contributed by atoms with Crippen molar-refractivity contribution < 1.29 is 24.2 Å². The minimum atomic E-state index is -0.710. The zero-order valence-corrected chi connectivity index (χ0v) is 19.2. The molecule has 0 radical (unpaired) electrons. The van der Waals surface area contributed by atoms with Crippen molar-refractivity contribution in [2.45, 2.75) is 72.3 Å². The average molecular weight is 429 g/mol. The molecule has 0 aliphatic heterocycles. The minimum Gasteiger partial charge on any atom is -0.460 e. The number of ketones is 2. The normalized spacial score (nSPS) is 43.5. The highest BCUT2D eigenvalue weighted by Gasteiger charge is 2.64. The second-order valence-corrected chi connectivity index (χ2v) is 10.8. The molecule has 0 aromatic heterocycles. The van der Waals surface area contributed by atoms with Crippen molar-refractivity contribution in [2.75, 3.05) is 6.61 Å². The maximum atomic E-state index is 13.2. The van der Waals surface area contributed by atoms with E-state index in [1.165, 1.54) is 0 Å². The number of carbonyl (C=O) groups is 3. The van der Waals surface area contributed by atoms with Gasteiger partial charge in [-0.1, -0.05) is 45.8 Å². The number of fused-ring (bicyclic) bond motifs is 5. The molecule has 170 valence electrons. The van der Waals surface area contributed by atoms with Gasteiger partial charge in [-0.2, -0.15) is 0 Å². The first-order valence-corrected chi connectivity index (χ1v) is 12.0. The van der Waals surface area contributed by atoms with Crippen molar-refractivity contribution in [3.05, 3.63) is 23.8 Å². The van der Waals surface area contributed by atoms with E-state index < -0.39 is 29.2 Å². The number of aliphatic hydroxyl groups is 1. The number of allylic oxidation sites excluding steroid dienone is 4. The number of aliphatic hydroxyl groups excluding tert-OH is 1. The predicted molar refractivity (Wildman–Crippen MR) is 117 cm³/mol. The van der Waals surface area contributed by atoms with E-state index in [0.717, 1.165) is 37.7 Å². The van der Waals surface area contributed by atoms with Crippen LogP contribution in [0.4, 0.5) is 0 Å². The Balaban J connectivity index is 1.62. The number of ether oxygens (including phenoxy) is 1. The standard InChI is InChI=1S/C26H36O5/c1-5-6-11-31-24(30)23(29)21-15(2)12-19-18-8-7-16-13-17(27)9-10-25(16,3)22(18)20(28)14-26(19,21)4/h9-10,13,15,18-22,28H,5-8,11-12,14H2,1-4H3/t15?,18-,19-,20?,21+,22+,25-,26-/m0/s1. The van der Waals surface area contributed by atoms with Crippen molar-refractivity contribution in [1.29, 1.82) is 0 Å². The van der Waals surface area contributed by atoms with Crippen LogP contribution in [0.3, 0.4) is 0 Å². The lowest BCUT2D eigenvalue weighted by Gasteiger charge is -2.58. The molecule has 0 bridgehead atoms. The van der Waals surface area contributed by atoms with Crippen LogP contribution in [0.25, 0.3) is 0 Å². The van der Waals surface area contributed by atoms with Gasteiger partial charge in [0, 0.05) is 17.3 Å². The molecule has 3 saturated carbocycles. The second-order valence-electron chi connectivity index (χ2n) is 10.8. The van der Waals surface area contributed by atoms with Gasteiger partial charge in [-0.05, 0) is 67.4 Å². The van der Waals surface area contributed by atoms with Crippen LogP contribution >= 0.6 is 0 Å². The summed E-state index contributed by atoms with van der Waals surface area (Å²) < 4.78 is 5.26. The Morgan fingerprint density at radius 3 is 2.74 bits per heavy atom. The number of unbranched alkanes of at least 4 members (excludes halogenated alkanes) is 1. The van der Waals surface area contributed by atoms with Crippen LogP contribution < -0.4 is 0 Å². The Bertz CT molecular complexity index is 841. The van der Waals surface area contributed by atoms with Crippen LogP contribution in [0, 0.1) is 40.4 Å². The van der Waals surface area contributed by atoms with Gasteiger partial charge in [0.05, 0.1) is 12.7 Å². The molecule has 5 heteroatoms. The van der Waals surface area contributed by atoms with E-state index in [9.17, 15) is 19.5 Å². The highest BCUT2D eigenvalue weighted by atomic mass is 16.5. The van der Waals surface area contributed by atoms with Gasteiger partial charge in [-0.15, -0.1) is 0 Å². The van der Waals surface area contributed by atoms with E-state index in [2.05, 4.69) is 20.8 Å². The Morgan fingerprint density at radius 2 is 2.03 bits per heavy atom. The Labute approximate surface area is 185 Å². The summed E-state index contributed by atoms with van der Waals surface area (Å²) in [6.07, 6.45) is 9.65. The van der Waals surface area contributed by atoms with E-state index in [1.54, 1.807) is 12.2 Å². The van der Waals surface area contributed by atoms with Gasteiger partial charge in [0.25, 0.3) is 0 Å². The number of hydrogen-bond acceptors (Lipinski definition) is 5. The lowest BCUT2D eigenvalue weighted by atomic mass is 9.46. The van der Waals surface area contributed by atoms with Crippen LogP contribution in [0.5, 0.6) is 0 Å². The van der Waals surface area contributed by atoms with Crippen molar-refractivity contribution in [2.24, 2.45) is 40.4 Å². The van der Waals surface area contributed by atoms with Crippen LogP contribution in [-0.2, 0) is 19.1 Å². The molecule has 31 heavy (non-hydrogen) atoms. The number of Topliss-reactive ketones (excluding diaryl/α,β-unsaturated/α-hetero) is 1. The summed E-state index contributed by atoms with van der Waals surface area (Å²) in [4.78, 5) is 37.7. The van der Waals surface area contributed by atoms with Crippen molar-refractivity contribution >= 4 is 17.5 Å². The predicted octanol–water partition coefficient (Wildman–Crippen LogP) is 4.04. The van der Waals surface area contributed by atoms with Gasteiger partial charge in [0.15, 0.2) is 5.78 Å². The summed E-state index contributed by atoms with van der Waals surface area (Å²) in [6.45, 7) is 8.63. The molecular weight excluding hydrogens is 392 g/mol. The molecule has 0 aromatic rings. The fraction of sp³-hybridized carbons (Fsp3) is 0.731. The smallest absolute Gasteiger partial charge is 0.374 e. The highest BCUT2D eigenvalue weighted by molar-refractivity contribution is 6.34. The molecule has 3 fully saturated rings. The first kappa shape index (κ1) is 22.4. The summed E-state index contributed by atoms with van der Waals surface area (Å²) in [5, 5.41) is 11.4. The molecule has 0 heterocycles. The fourth-order valence-electron chi connectivity index (χ4n) is 7.76. The van der Waals surface area contributed by atoms with Crippen LogP contribution in [0.2, 0.25) is 0 Å². The van der Waals surface area contributed by atoms with Gasteiger partial charge in [0.1, 0.15) is 0 Å². The van der Waals surface area contributed by atoms with Crippen LogP contribution in [0.15, 0.2) is 23.8 Å². The average Bonchev–Trinajstić information content (AvgIpc) is 2.97. The van der Waals surface area contributed by atoms with E-state index >= 15 is 0 Å². The largest absolute Gasteiger partial charge is 0.460 e. The summed E-state index contributed by atoms with van der Waals surface area (Å²) in [7, 11) is 0. The highest BCUT2D eigenvalue weighted by Crippen LogP contribution is 2.67. The lowest BCUT2D eigenvalue weighted by molar-refractivity contribution is -0.162. The van der Waals surface area contributed by atoms with E-state index in [-0.39, 0.29) is 41.5 Å². The quantitative estimate of drug-likeness (QED) is 0.406. The Hall–Kier alpha value is -1.75. The van der Waals surface area contributed by atoms with Gasteiger partial charge in [-0.25, -0.2) is 4.79 Å². The molecule has 0 spiro atoms. The molecule has 4 aliphatic carbocycles. The minimum absolute atomic E-state index is 0.0304. The second kappa shape index (κ2) is 7.99. The van der Waals surface area contributed by atoms with E-state index in [4.69, 9.17) is 4.74 Å². The number of esters is 1. The topological polar surface area (TPSA) is 80.7 Å². The lowest BCUT2D eigenvalue weighted by Crippen LogP contribution is -2.56. The maximum absolute atomic E-state index is 13.2. The molecule has 0 saturated heterocycles. The zero-order chi connectivity index (χ0) is 22.6. The first-order valence-electron chi connectivity index (χ1n) is 12.0. The summed E-state index contributed by atoms with van der Waals surface area (Å²) >= 11 is 0. The third kappa shape index (κ3) is 3.44. The first-order chi connectivity index (χ1) is 14.6. The van der Waals surface area contributed by atoms with Gasteiger partial charge in [-0.3, -0.25) is 9.59 Å². The van der Waals surface area contributed by atoms with Gasteiger partial charge < -0.3 is 9.84 Å². The number of hydrogen-bond donors (Lipinski definition) is 1. The third-order valence-electron chi connectivity index (χ3n) is 9.05. The van der Waals surface area contributed by atoms with Crippen molar-refractivity contribution in [3.63, 3.8) is 0 Å². The maximum Gasteiger partial charge on any atom is 0.374 e. The molecule has 1 N–H and O–H groups in total. The van der Waals surface area contributed by atoms with Crippen LogP contribution in [0.1, 0.15) is 66.2 Å². The van der Waals surface area contributed by atoms with Crippen LogP contribution in [-0.4, -0.2) is 35.4 Å². The van der Waals surface area contributed by atoms with Crippen molar-refractivity contribution in [1.82, 2.24) is 0 Å². The molecule has 4 aliphatic rings. The molecular formula is C26H36O5. The molecule has 0 aromatic carbocycles. The summed E-state index contributed by atoms with van der Waals surface area (Å²) in [6, 6.07) is 0. The molecule has 8 atom stereocenters. The molecule has 5 nitrogen and oxygen atoms in total. The monoisotopic (exact) mass is 428 g/mol. The van der Waals surface area contributed by atoms with E-state index in [1.807, 2.05) is 13.0 Å². The van der Waals surface area contributed by atoms with Gasteiger partial charge in [0.2, 0.25) is 5.78 Å². The summed E-state index contributed by atoms with van der Waals surface area (Å²) in [5.74, 6) is -0.836. The molecule has 4 rings (SSSR count). The Morgan fingerprint density at radius 1 is 1.29 bits per heavy atom. The van der Waals surface area contributed by atoms with Gasteiger partial charge >= 0.3 is 5.97 Å². The zero-order valence-electron chi connectivity index (χ0n) is 19.2. The fourth-order valence-corrected chi connectivity index (χ4v) is 7.76. The van der Waals surface area contributed by atoms with E-state index in [0.29, 0.717) is 6.42 Å². The molecule has 0 amide bonds. The van der Waals surface area contributed by atoms with Crippen molar-refractivity contribution in [3.8, 4) is 0 Å².